The zero-order chi connectivity index (χ0) is 7.72. The van der Waals surface area contributed by atoms with Crippen LogP contribution in [0.1, 0.15) is 16.8 Å². The van der Waals surface area contributed by atoms with Crippen LogP contribution in [0.3, 0.4) is 0 Å². The summed E-state index contributed by atoms with van der Waals surface area (Å²) in [6, 6.07) is 0. The van der Waals surface area contributed by atoms with Gasteiger partial charge in [-0.05, 0) is 0 Å². The van der Waals surface area contributed by atoms with Crippen LogP contribution in [0.2, 0.25) is 0 Å². The van der Waals surface area contributed by atoms with Crippen molar-refractivity contribution in [2.75, 3.05) is 0 Å². The van der Waals surface area contributed by atoms with Crippen LogP contribution in [-0.2, 0) is 32.7 Å². The third-order valence-electron chi connectivity index (χ3n) is 1.87. The van der Waals surface area contributed by atoms with E-state index >= 15 is 0 Å². The molecule has 1 aromatic heterocycles. The summed E-state index contributed by atoms with van der Waals surface area (Å²) >= 11 is 0. The van der Waals surface area contributed by atoms with Gasteiger partial charge in [-0.3, -0.25) is 0 Å². The van der Waals surface area contributed by atoms with Crippen molar-refractivity contribution in [3.63, 3.8) is 0 Å². The van der Waals surface area contributed by atoms with E-state index < -0.39 is 0 Å². The second kappa shape index (κ2) is 4.17. The van der Waals surface area contributed by atoms with E-state index in [1.54, 1.807) is 4.57 Å². The fourth-order valence-corrected chi connectivity index (χ4v) is 0.916. The zero-order valence-corrected chi connectivity index (χ0v) is 9.89. The summed E-state index contributed by atoms with van der Waals surface area (Å²) in [4.78, 5) is 0. The minimum absolute atomic E-state index is 0. The second-order valence-electron chi connectivity index (χ2n) is 2.43. The maximum Gasteiger partial charge on any atom is 0 e. The first-order valence-corrected chi connectivity index (χ1v) is 3.21. The van der Waals surface area contributed by atoms with E-state index in [4.69, 9.17) is 5.41 Å². The van der Waals surface area contributed by atoms with Gasteiger partial charge in [-0.15, -0.1) is 5.56 Å². The second-order valence-corrected chi connectivity index (χ2v) is 2.43. The first-order chi connectivity index (χ1) is 4.66. The molecule has 57 valence electrons. The number of aryl methyl sites for hydroxylation is 1. The fraction of sp³-hybridized carbons (Fsp3) is 0.375. The van der Waals surface area contributed by atoms with Gasteiger partial charge in [0.2, 0.25) is 0 Å². The van der Waals surface area contributed by atoms with E-state index in [0.29, 0.717) is 0 Å². The van der Waals surface area contributed by atoms with Crippen molar-refractivity contribution in [1.82, 2.24) is 4.57 Å². The van der Waals surface area contributed by atoms with Crippen molar-refractivity contribution in [1.29, 1.82) is 0 Å². The van der Waals surface area contributed by atoms with Gasteiger partial charge >= 0.3 is 0 Å². The molecule has 0 aliphatic rings. The fourth-order valence-electron chi connectivity index (χ4n) is 0.916. The number of hydrogen-bond acceptors (Lipinski definition) is 0. The van der Waals surface area contributed by atoms with Gasteiger partial charge in [0.1, 0.15) is 0 Å². The number of rotatable bonds is 1. The van der Waals surface area contributed by atoms with E-state index in [0.717, 1.165) is 17.6 Å². The van der Waals surface area contributed by atoms with Crippen molar-refractivity contribution in [2.45, 2.75) is 20.8 Å². The predicted molar refractivity (Wildman–Crippen MR) is 42.3 cm³/mol. The topological polar surface area (TPSA) is 27.2 Å². The Morgan fingerprint density at radius 2 is 1.91 bits per heavy atom. The van der Waals surface area contributed by atoms with Gasteiger partial charge in [0, 0.05) is 32.7 Å². The Bertz CT molecular complexity index is 263. The zero-order valence-electron chi connectivity index (χ0n) is 7.05. The van der Waals surface area contributed by atoms with E-state index in [1.165, 1.54) is 5.56 Å². The van der Waals surface area contributed by atoms with Gasteiger partial charge in [-0.1, -0.05) is 20.8 Å². The van der Waals surface area contributed by atoms with E-state index in [1.807, 2.05) is 20.8 Å². The van der Waals surface area contributed by atoms with Crippen molar-refractivity contribution >= 4 is 6.34 Å². The molecule has 1 radical (unpaired) electrons. The molecule has 0 amide bonds. The molecule has 0 saturated heterocycles. The molecule has 0 aliphatic carbocycles. The van der Waals surface area contributed by atoms with Crippen LogP contribution in [0.4, 0.5) is 0 Å². The Balaban J connectivity index is 0.000001000. The van der Waals surface area contributed by atoms with Crippen LogP contribution in [0.25, 0.3) is 5.41 Å². The maximum atomic E-state index is 8.66. The molecule has 1 heterocycles. The normalized spacial score (nSPS) is 9.00. The van der Waals surface area contributed by atoms with E-state index in [9.17, 15) is 0 Å². The number of aromatic nitrogens is 1. The predicted octanol–water partition coefficient (Wildman–Crippen LogP) is 1.66. The summed E-state index contributed by atoms with van der Waals surface area (Å²) in [5.74, 6) is 0. The standard InChI is InChI=1S/C8H10N2.Y/c1-6-4-10(5-9)8(3)7(6)2;/h5H,1-3H3;/q-2;. The van der Waals surface area contributed by atoms with Crippen LogP contribution in [0.15, 0.2) is 0 Å². The Labute approximate surface area is 92.4 Å². The van der Waals surface area contributed by atoms with Gasteiger partial charge in [-0.2, -0.15) is 23.8 Å². The monoisotopic (exact) mass is 223 g/mol. The molecular formula is C8H10N2Y-2. The van der Waals surface area contributed by atoms with Crippen molar-refractivity contribution in [3.8, 4) is 0 Å². The van der Waals surface area contributed by atoms with Crippen molar-refractivity contribution < 1.29 is 32.7 Å². The van der Waals surface area contributed by atoms with Crippen LogP contribution < -0.4 is 0 Å². The largest absolute Gasteiger partial charge is 0.554 e. The molecule has 0 fully saturated rings. The molecule has 11 heavy (non-hydrogen) atoms. The molecular weight excluding hydrogens is 213 g/mol. The average Bonchev–Trinajstić information content (AvgIpc) is 2.17. The Hall–Kier alpha value is 0.0539. The number of hydrogen-bond donors (Lipinski definition) is 0. The summed E-state index contributed by atoms with van der Waals surface area (Å²) in [6.07, 6.45) is 4.00. The summed E-state index contributed by atoms with van der Waals surface area (Å²) in [6.45, 7) is 5.94. The van der Waals surface area contributed by atoms with Crippen LogP contribution in [0.5, 0.6) is 0 Å². The third kappa shape index (κ3) is 2.00. The van der Waals surface area contributed by atoms with Crippen LogP contribution in [-0.4, -0.2) is 10.9 Å². The van der Waals surface area contributed by atoms with Crippen molar-refractivity contribution in [2.24, 2.45) is 0 Å². The van der Waals surface area contributed by atoms with Gasteiger partial charge in [-0.25, -0.2) is 0 Å². The smallest absolute Gasteiger partial charge is 0 e. The molecule has 0 spiro atoms. The summed E-state index contributed by atoms with van der Waals surface area (Å²) in [5, 5.41) is 8.66. The Morgan fingerprint density at radius 3 is 2.09 bits per heavy atom. The minimum atomic E-state index is 0. The average molecular weight is 223 g/mol. The summed E-state index contributed by atoms with van der Waals surface area (Å²) < 4.78 is 1.59. The summed E-state index contributed by atoms with van der Waals surface area (Å²) in [5.41, 5.74) is 3.31. The Kier molecular flexibility index (Phi) is 4.19. The van der Waals surface area contributed by atoms with Gasteiger partial charge in [0.25, 0.3) is 0 Å². The SMILES string of the molecule is Cc1[c-]n(C=[N-])c(C)c1C.[Y]. The molecule has 0 aromatic carbocycles. The first kappa shape index (κ1) is 11.1. The molecule has 0 aliphatic heterocycles. The molecule has 3 heteroatoms. The molecule has 1 aromatic rings. The quantitative estimate of drug-likeness (QED) is 0.393. The van der Waals surface area contributed by atoms with Crippen molar-refractivity contribution in [3.05, 3.63) is 28.4 Å². The number of nitrogens with zero attached hydrogens (tertiary/aromatic N) is 2. The van der Waals surface area contributed by atoms with Crippen LogP contribution in [0, 0.1) is 27.0 Å². The molecule has 1 rings (SSSR count). The van der Waals surface area contributed by atoms with Gasteiger partial charge < -0.3 is 9.98 Å². The Morgan fingerprint density at radius 1 is 1.36 bits per heavy atom. The molecule has 0 N–H and O–H groups in total. The maximum absolute atomic E-state index is 8.66. The third-order valence-corrected chi connectivity index (χ3v) is 1.87. The summed E-state index contributed by atoms with van der Waals surface area (Å²) in [7, 11) is 0. The molecule has 0 unspecified atom stereocenters. The van der Waals surface area contributed by atoms with E-state index in [2.05, 4.69) is 6.20 Å². The molecule has 0 saturated carbocycles. The van der Waals surface area contributed by atoms with E-state index in [-0.39, 0.29) is 32.7 Å². The van der Waals surface area contributed by atoms with Crippen LogP contribution >= 0.6 is 0 Å². The van der Waals surface area contributed by atoms with Gasteiger partial charge in [0.15, 0.2) is 0 Å². The van der Waals surface area contributed by atoms with Gasteiger partial charge in [0.05, 0.1) is 0 Å². The first-order valence-electron chi connectivity index (χ1n) is 3.21. The molecule has 2 nitrogen and oxygen atoms in total. The molecule has 0 atom stereocenters. The minimum Gasteiger partial charge on any atom is -0.554 e. The molecule has 0 bridgehead atoms.